The maximum Gasteiger partial charge on any atom is 0.344 e. The molecule has 4 saturated heterocycles. The number of hydrogen-bond donors (Lipinski definition) is 15. The molecule has 6 fully saturated rings. The number of amides is 9. The Morgan fingerprint density at radius 2 is 1.36 bits per heavy atom. The molecule has 648 valence electrons. The Balaban J connectivity index is 0.838. The third-order valence-electron chi connectivity index (χ3n) is 26.5. The molecule has 8 aliphatic rings. The maximum absolute atomic E-state index is 15.8. The molecule has 16 N–H and O–H groups in total. The first-order valence-electron chi connectivity index (χ1n) is 41.0. The van der Waals surface area contributed by atoms with Crippen molar-refractivity contribution in [3.63, 3.8) is 0 Å². The molecule has 36 heteroatoms. The smallest absolute Gasteiger partial charge is 0.344 e. The van der Waals surface area contributed by atoms with Gasteiger partial charge in [-0.05, 0) is 119 Å². The molecule has 6 aliphatic heterocycles. The van der Waals surface area contributed by atoms with Crippen molar-refractivity contribution < 1.29 is 112 Å². The number of anilines is 1. The van der Waals surface area contributed by atoms with Crippen molar-refractivity contribution in [1.29, 1.82) is 0 Å². The van der Waals surface area contributed by atoms with Gasteiger partial charge in [0, 0.05) is 110 Å². The average Bonchev–Trinajstić information content (AvgIpc) is 1.46. The van der Waals surface area contributed by atoms with Crippen molar-refractivity contribution in [2.75, 3.05) is 106 Å². The normalized spacial score (nSPS) is 28.1. The number of primary amides is 1. The Hall–Kier alpha value is -9.40. The third kappa shape index (κ3) is 16.5. The Morgan fingerprint density at radius 3 is 1.96 bits per heavy atom. The van der Waals surface area contributed by atoms with Crippen molar-refractivity contribution in [3.8, 4) is 5.75 Å². The number of methoxy groups -OCH3 is 3. The summed E-state index contributed by atoms with van der Waals surface area (Å²) in [6.45, 7) is 6.79. The van der Waals surface area contributed by atoms with Crippen LogP contribution in [-0.4, -0.2) is 316 Å². The number of aromatic nitrogens is 1. The van der Waals surface area contributed by atoms with Crippen LogP contribution in [0.25, 0.3) is 10.9 Å². The fourth-order valence-electron chi connectivity index (χ4n) is 20.9. The van der Waals surface area contributed by atoms with Crippen LogP contribution in [0.5, 0.6) is 5.75 Å². The number of para-hydroxylation sites is 1. The minimum absolute atomic E-state index is 0.0416. The zero-order chi connectivity index (χ0) is 85.8. The lowest BCUT2D eigenvalue weighted by Crippen LogP contribution is -2.81. The van der Waals surface area contributed by atoms with Crippen LogP contribution in [-0.2, 0) is 82.6 Å². The number of likely N-dealkylation sites (tertiary alicyclic amines) is 3. The largest absolute Gasteiger partial charge is 0.496 e. The molecule has 7 heterocycles. The van der Waals surface area contributed by atoms with Crippen LogP contribution < -0.4 is 47.3 Å². The summed E-state index contributed by atoms with van der Waals surface area (Å²) < 4.78 is 24.9. The minimum Gasteiger partial charge on any atom is -0.496 e. The number of nitrogens with one attached hydrogen (secondary N) is 7. The number of nitrogens with two attached hydrogens (primary N) is 1. The lowest BCUT2D eigenvalue weighted by molar-refractivity contribution is -0.231. The molecule has 2 aromatic carbocycles. The van der Waals surface area contributed by atoms with E-state index in [9.17, 15) is 78.9 Å². The molecule has 2 aliphatic carbocycles. The van der Waals surface area contributed by atoms with Gasteiger partial charge in [-0.3, -0.25) is 52.8 Å². The molecule has 18 atom stereocenters. The van der Waals surface area contributed by atoms with Crippen LogP contribution in [0.2, 0.25) is 0 Å². The van der Waals surface area contributed by atoms with E-state index in [1.54, 1.807) is 11.9 Å². The molecule has 3 aromatic rings. The first-order valence-corrected chi connectivity index (χ1v) is 41.0. The highest BCUT2D eigenvalue weighted by molar-refractivity contribution is 6.00. The van der Waals surface area contributed by atoms with Crippen LogP contribution in [0.15, 0.2) is 48.6 Å². The molecule has 118 heavy (non-hydrogen) atoms. The number of aryl methyl sites for hydroxylation is 1. The number of aliphatic hydroxyl groups excluding tert-OH is 5. The highest BCUT2D eigenvalue weighted by atomic mass is 16.6. The Bertz CT molecular complexity index is 4330. The van der Waals surface area contributed by atoms with Gasteiger partial charge in [-0.1, -0.05) is 70.4 Å². The van der Waals surface area contributed by atoms with E-state index in [1.807, 2.05) is 76.2 Å². The van der Waals surface area contributed by atoms with Crippen molar-refractivity contribution >= 4 is 87.7 Å². The van der Waals surface area contributed by atoms with Gasteiger partial charge >= 0.3 is 17.9 Å². The van der Waals surface area contributed by atoms with E-state index < -0.39 is 216 Å². The number of hydrogen-bond acceptors (Lipinski definition) is 26. The van der Waals surface area contributed by atoms with Gasteiger partial charge in [-0.15, -0.1) is 0 Å². The molecule has 36 nitrogen and oxygen atoms in total. The van der Waals surface area contributed by atoms with Gasteiger partial charge < -0.3 is 117 Å². The number of aliphatic hydroxyl groups is 7. The number of rotatable bonds is 33. The van der Waals surface area contributed by atoms with Crippen LogP contribution in [0.1, 0.15) is 146 Å². The molecule has 0 radical (unpaired) electrons. The molecule has 6 unspecified atom stereocenters. The van der Waals surface area contributed by atoms with Crippen LogP contribution >= 0.6 is 0 Å². The van der Waals surface area contributed by atoms with Crippen molar-refractivity contribution in [2.45, 2.75) is 226 Å². The lowest BCUT2D eigenvalue weighted by atomic mass is 9.47. The number of aromatic amines is 1. The maximum atomic E-state index is 15.8. The van der Waals surface area contributed by atoms with Crippen molar-refractivity contribution in [3.05, 3.63) is 70.9 Å². The van der Waals surface area contributed by atoms with Gasteiger partial charge in [-0.25, -0.2) is 9.59 Å². The standard InChI is InChI=1S/C82H117N13O23/c1-10-78(113)35-46(37-92(12-3)43-78)36-81(76(111)116-8,64-44(4)49-22-16-17-23-52(49)84-64)51-33-50-59(34-61(51)115-7)91(6)74-80(50)28-31-93-29-19-27-79(11-2,73(80)93)75(82(74,114)77(112)117-9)118-72(110)58-24-18-30-94(58)71(109)57(42-99)89-67(105)54(39-96)86-65(103)53(25-26-62(83)102)85-70(108)63(47-20-14-13-15-21-47)90-68(106)56(41-98)87-66(104)55(40-97)88-69(107)60-32-48(101)38-95(60)45(5)100/h16-17,19,22-23,27,33-34,46-48,53-58,60,63,73-75,84,96-99,101,113-114H,10-15,18,20-21,24-26,28-32,35-43H2,1-9H3,(H2,83,102)(H,85,108)(H,86,103)(H,87,104)(H,88,107)(H,89,105)(H,90,106)/t46?,48-,53-,54-,55-,56-,57-,58?,60-,63?,73?,74?,75-,78-,79-,80?,81-,82+/m0/s1. The predicted octanol–water partition coefficient (Wildman–Crippen LogP) is -2.56. The summed E-state index contributed by atoms with van der Waals surface area (Å²) in [5, 5.41) is 94.1. The number of carbonyl (C=O) groups excluding carboxylic acids is 12. The molecule has 1 aromatic heterocycles. The molecular weight excluding hydrogens is 1530 g/mol. The van der Waals surface area contributed by atoms with Crippen LogP contribution in [0.4, 0.5) is 5.69 Å². The topological polar surface area (TPSA) is 514 Å². The SMILES string of the molecule is CCN1CC(C[C@](C(=O)OC)(c2cc3c(cc2OC)N(C)C2C34CCN3CC=C[C@@](CC)(C34)[C@H](OC(=O)C3CCCN3C(=O)[C@H](CO)NC(=O)[C@H](CO)NC(=O)[C@H](CCC(N)=O)NC(=O)C(NC(=O)[C@H](CO)NC(=O)[C@H](CO)NC(=O)[C@@H]3C[C@H](O)CN3C(C)=O)C3CCCCC3)[C@@]2(O)C(=O)OC)c2[nH]c3ccccc3c2C)C[C@@](O)(CC)C1. The van der Waals surface area contributed by atoms with E-state index in [4.69, 9.17) is 24.7 Å². The number of benzene rings is 2. The number of esters is 3. The van der Waals surface area contributed by atoms with Gasteiger partial charge in [0.25, 0.3) is 0 Å². The summed E-state index contributed by atoms with van der Waals surface area (Å²) in [5.41, 5.74) is 1.06. The second-order valence-electron chi connectivity index (χ2n) is 33.2. The molecule has 9 amide bonds. The van der Waals surface area contributed by atoms with Gasteiger partial charge in [0.2, 0.25) is 58.8 Å². The number of β-amino-alcohol motifs (C(OH)–C–C–N with tert-alkyl or cyclic N) is 2. The molecule has 1 spiro atoms. The van der Waals surface area contributed by atoms with E-state index >= 15 is 14.4 Å². The number of H-pyrrole nitrogens is 1. The van der Waals surface area contributed by atoms with Gasteiger partial charge in [0.05, 0.1) is 65.5 Å². The van der Waals surface area contributed by atoms with E-state index in [2.05, 4.69) is 46.7 Å². The van der Waals surface area contributed by atoms with Crippen LogP contribution in [0, 0.1) is 24.2 Å². The average molecular weight is 1650 g/mol. The zero-order valence-corrected chi connectivity index (χ0v) is 68.6. The van der Waals surface area contributed by atoms with E-state index in [1.165, 1.54) is 21.1 Å². The highest BCUT2D eigenvalue weighted by Crippen LogP contribution is 2.68. The fraction of sp³-hybridized carbons (Fsp3) is 0.659. The first kappa shape index (κ1) is 89.4. The first-order chi connectivity index (χ1) is 56.2. The summed E-state index contributed by atoms with van der Waals surface area (Å²) >= 11 is 0. The van der Waals surface area contributed by atoms with Crippen molar-refractivity contribution in [2.24, 2.45) is 23.0 Å². The molecule has 11 rings (SSSR count). The second-order valence-corrected chi connectivity index (χ2v) is 33.2. The second kappa shape index (κ2) is 36.7. The molecule has 0 bridgehead atoms. The molecular formula is C82H117N13O23. The number of fused-ring (bicyclic) bond motifs is 2. The number of piperidine rings is 1. The Labute approximate surface area is 684 Å². The van der Waals surface area contributed by atoms with E-state index in [0.717, 1.165) is 39.8 Å². The summed E-state index contributed by atoms with van der Waals surface area (Å²) in [6.07, 6.45) is 4.02. The van der Waals surface area contributed by atoms with Crippen LogP contribution in [0.3, 0.4) is 0 Å². The van der Waals surface area contributed by atoms with E-state index in [0.29, 0.717) is 100 Å². The van der Waals surface area contributed by atoms with Gasteiger partial charge in [0.1, 0.15) is 59.5 Å². The van der Waals surface area contributed by atoms with E-state index in [-0.39, 0.29) is 56.9 Å². The Kier molecular flexibility index (Phi) is 27.8. The van der Waals surface area contributed by atoms with Gasteiger partial charge in [0.15, 0.2) is 6.10 Å². The summed E-state index contributed by atoms with van der Waals surface area (Å²) in [6, 6.07) is -3.71. The third-order valence-corrected chi connectivity index (χ3v) is 26.5. The number of carbonyl (C=O) groups is 12. The number of ether oxygens (including phenoxy) is 4. The monoisotopic (exact) mass is 1650 g/mol. The number of nitrogens with zero attached hydrogens (tertiary/aromatic N) is 5. The molecule has 2 saturated carbocycles. The lowest BCUT2D eigenvalue weighted by Gasteiger charge is -2.63. The quantitative estimate of drug-likeness (QED) is 0.0169. The summed E-state index contributed by atoms with van der Waals surface area (Å²) in [5.74, 6) is -12.5. The number of likely N-dealkylation sites (N-methyl/N-ethyl adjacent to an activating group) is 2. The van der Waals surface area contributed by atoms with Crippen molar-refractivity contribution in [1.82, 2.24) is 56.5 Å². The predicted molar refractivity (Wildman–Crippen MR) is 423 cm³/mol. The zero-order valence-electron chi connectivity index (χ0n) is 68.6. The summed E-state index contributed by atoms with van der Waals surface area (Å²) in [4.78, 5) is 182. The fourth-order valence-corrected chi connectivity index (χ4v) is 20.9. The minimum atomic E-state index is -2.75. The van der Waals surface area contributed by atoms with Gasteiger partial charge in [-0.2, -0.15) is 0 Å². The highest BCUT2D eigenvalue weighted by Gasteiger charge is 2.81. The summed E-state index contributed by atoms with van der Waals surface area (Å²) in [7, 11) is 5.69. The Morgan fingerprint density at radius 1 is 0.720 bits per heavy atom.